The van der Waals surface area contributed by atoms with Crippen molar-refractivity contribution in [3.63, 3.8) is 0 Å². The van der Waals surface area contributed by atoms with E-state index in [1.165, 1.54) is 0 Å². The van der Waals surface area contributed by atoms with Crippen molar-refractivity contribution < 1.29 is 9.00 Å². The quantitative estimate of drug-likeness (QED) is 0.859. The number of nitriles is 1. The standard InChI is InChI=1S/C14H17N3O2S/c1-11-5-6-17(7-8-20(11)19)14(18)16-13-4-2-3-12(9-13)10-15/h2-4,9,11H,5-8H2,1H3,(H,16,18)/t11-,20-/m1/s1. The van der Waals surface area contributed by atoms with Gasteiger partial charge in [-0.05, 0) is 24.6 Å². The maximum absolute atomic E-state index is 12.2. The number of nitrogens with one attached hydrogen (secondary N) is 1. The van der Waals surface area contributed by atoms with Gasteiger partial charge in [0.1, 0.15) is 0 Å². The molecule has 1 aromatic rings. The Morgan fingerprint density at radius 1 is 1.50 bits per heavy atom. The SMILES string of the molecule is C[C@@H]1CCN(C(=O)Nc2cccc(C#N)c2)CC[S@]1=O. The lowest BCUT2D eigenvalue weighted by molar-refractivity contribution is 0.215. The lowest BCUT2D eigenvalue weighted by atomic mass is 10.2. The Kier molecular flexibility index (Phi) is 4.74. The van der Waals surface area contributed by atoms with Gasteiger partial charge >= 0.3 is 6.03 Å². The number of nitrogens with zero attached hydrogens (tertiary/aromatic N) is 2. The van der Waals surface area contributed by atoms with Crippen LogP contribution < -0.4 is 5.32 Å². The lowest BCUT2D eigenvalue weighted by Crippen LogP contribution is -2.36. The number of hydrogen-bond donors (Lipinski definition) is 1. The van der Waals surface area contributed by atoms with Crippen LogP contribution in [-0.2, 0) is 10.8 Å². The molecule has 0 radical (unpaired) electrons. The van der Waals surface area contributed by atoms with E-state index in [9.17, 15) is 9.00 Å². The summed E-state index contributed by atoms with van der Waals surface area (Å²) in [5, 5.41) is 11.7. The number of carbonyl (C=O) groups is 1. The second-order valence-electron chi connectivity index (χ2n) is 4.79. The third-order valence-electron chi connectivity index (χ3n) is 3.35. The van der Waals surface area contributed by atoms with Crippen molar-refractivity contribution in [2.45, 2.75) is 18.6 Å². The molecule has 5 nitrogen and oxygen atoms in total. The fraction of sp³-hybridized carbons (Fsp3) is 0.429. The zero-order valence-electron chi connectivity index (χ0n) is 11.3. The largest absolute Gasteiger partial charge is 0.324 e. The Balaban J connectivity index is 2.01. The second kappa shape index (κ2) is 6.53. The van der Waals surface area contributed by atoms with Crippen molar-refractivity contribution in [2.24, 2.45) is 0 Å². The molecule has 20 heavy (non-hydrogen) atoms. The number of carbonyl (C=O) groups excluding carboxylic acids is 1. The summed E-state index contributed by atoms with van der Waals surface area (Å²) in [6.07, 6.45) is 0.748. The molecule has 6 heteroatoms. The van der Waals surface area contributed by atoms with Crippen LogP contribution in [0.4, 0.5) is 10.5 Å². The third-order valence-corrected chi connectivity index (χ3v) is 5.07. The molecule has 0 saturated carbocycles. The van der Waals surface area contributed by atoms with Gasteiger partial charge in [-0.25, -0.2) is 4.79 Å². The highest BCUT2D eigenvalue weighted by Gasteiger charge is 2.22. The number of anilines is 1. The average Bonchev–Trinajstić information content (AvgIpc) is 2.62. The van der Waals surface area contributed by atoms with Gasteiger partial charge in [0, 0.05) is 40.6 Å². The van der Waals surface area contributed by atoms with Gasteiger partial charge in [0.2, 0.25) is 0 Å². The molecule has 2 rings (SSSR count). The first-order chi connectivity index (χ1) is 9.60. The molecule has 106 valence electrons. The predicted molar refractivity (Wildman–Crippen MR) is 78.8 cm³/mol. The molecule has 1 aromatic carbocycles. The average molecular weight is 291 g/mol. The summed E-state index contributed by atoms with van der Waals surface area (Å²) in [4.78, 5) is 13.8. The normalized spacial score (nSPS) is 22.7. The number of amides is 2. The molecular weight excluding hydrogens is 274 g/mol. The van der Waals surface area contributed by atoms with Crippen molar-refractivity contribution >= 4 is 22.5 Å². The molecule has 1 aliphatic heterocycles. The lowest BCUT2D eigenvalue weighted by Gasteiger charge is -2.20. The number of hydrogen-bond acceptors (Lipinski definition) is 3. The molecule has 0 spiro atoms. The predicted octanol–water partition coefficient (Wildman–Crippen LogP) is 1.93. The van der Waals surface area contributed by atoms with Crippen LogP contribution in [0, 0.1) is 11.3 Å². The molecule has 0 aromatic heterocycles. The van der Waals surface area contributed by atoms with E-state index in [-0.39, 0.29) is 11.3 Å². The van der Waals surface area contributed by atoms with E-state index >= 15 is 0 Å². The van der Waals surface area contributed by atoms with E-state index in [0.717, 1.165) is 6.42 Å². The van der Waals surface area contributed by atoms with E-state index in [2.05, 4.69) is 5.32 Å². The van der Waals surface area contributed by atoms with Crippen LogP contribution in [0.15, 0.2) is 24.3 Å². The molecule has 2 atom stereocenters. The van der Waals surface area contributed by atoms with Crippen LogP contribution in [0.3, 0.4) is 0 Å². The van der Waals surface area contributed by atoms with Gasteiger partial charge in [-0.2, -0.15) is 5.26 Å². The molecule has 1 heterocycles. The topological polar surface area (TPSA) is 73.2 Å². The van der Waals surface area contributed by atoms with Crippen LogP contribution in [0.2, 0.25) is 0 Å². The van der Waals surface area contributed by atoms with Crippen LogP contribution in [0.1, 0.15) is 18.9 Å². The second-order valence-corrected chi connectivity index (χ2v) is 6.77. The van der Waals surface area contributed by atoms with E-state index in [0.29, 0.717) is 30.1 Å². The summed E-state index contributed by atoms with van der Waals surface area (Å²) < 4.78 is 11.7. The number of rotatable bonds is 1. The summed E-state index contributed by atoms with van der Waals surface area (Å²) in [5.74, 6) is 0.521. The molecule has 0 unspecified atom stereocenters. The first-order valence-corrected chi connectivity index (χ1v) is 7.91. The highest BCUT2D eigenvalue weighted by atomic mass is 32.2. The summed E-state index contributed by atoms with van der Waals surface area (Å²) in [6.45, 7) is 3.06. The first kappa shape index (κ1) is 14.5. The molecule has 1 N–H and O–H groups in total. The van der Waals surface area contributed by atoms with Crippen molar-refractivity contribution in [1.29, 1.82) is 5.26 Å². The zero-order chi connectivity index (χ0) is 14.5. The molecule has 0 bridgehead atoms. The first-order valence-electron chi connectivity index (χ1n) is 6.53. The van der Waals surface area contributed by atoms with E-state index in [4.69, 9.17) is 5.26 Å². The van der Waals surface area contributed by atoms with Crippen LogP contribution >= 0.6 is 0 Å². The Bertz CT molecular complexity index is 568. The van der Waals surface area contributed by atoms with Gasteiger partial charge in [-0.1, -0.05) is 13.0 Å². The van der Waals surface area contributed by atoms with Gasteiger partial charge in [-0.3, -0.25) is 4.21 Å². The Morgan fingerprint density at radius 2 is 2.30 bits per heavy atom. The van der Waals surface area contributed by atoms with Crippen molar-refractivity contribution in [2.75, 3.05) is 24.2 Å². The molecule has 1 fully saturated rings. The number of urea groups is 1. The fourth-order valence-corrected chi connectivity index (χ4v) is 3.23. The smallest absolute Gasteiger partial charge is 0.321 e. The van der Waals surface area contributed by atoms with Crippen molar-refractivity contribution in [3.8, 4) is 6.07 Å². The Hall–Kier alpha value is -1.87. The van der Waals surface area contributed by atoms with Crippen LogP contribution in [-0.4, -0.2) is 39.2 Å². The minimum Gasteiger partial charge on any atom is -0.324 e. The number of benzene rings is 1. The van der Waals surface area contributed by atoms with Gasteiger partial charge in [0.15, 0.2) is 0 Å². The highest BCUT2D eigenvalue weighted by Crippen LogP contribution is 2.13. The van der Waals surface area contributed by atoms with Gasteiger partial charge < -0.3 is 10.2 Å². The van der Waals surface area contributed by atoms with Crippen molar-refractivity contribution in [3.05, 3.63) is 29.8 Å². The molecule has 1 aliphatic rings. The molecule has 1 saturated heterocycles. The van der Waals surface area contributed by atoms with Gasteiger partial charge in [0.25, 0.3) is 0 Å². The fourth-order valence-electron chi connectivity index (χ4n) is 2.05. The minimum absolute atomic E-state index is 0.134. The summed E-state index contributed by atoms with van der Waals surface area (Å²) >= 11 is 0. The van der Waals surface area contributed by atoms with Crippen LogP contribution in [0.25, 0.3) is 0 Å². The molecule has 0 aliphatic carbocycles. The van der Waals surface area contributed by atoms with Crippen LogP contribution in [0.5, 0.6) is 0 Å². The van der Waals surface area contributed by atoms with E-state index < -0.39 is 10.8 Å². The van der Waals surface area contributed by atoms with E-state index in [1.807, 2.05) is 13.0 Å². The Labute approximate surface area is 121 Å². The van der Waals surface area contributed by atoms with Crippen molar-refractivity contribution in [1.82, 2.24) is 4.90 Å². The van der Waals surface area contributed by atoms with E-state index in [1.54, 1.807) is 29.2 Å². The maximum Gasteiger partial charge on any atom is 0.321 e. The minimum atomic E-state index is -0.856. The van der Waals surface area contributed by atoms with Gasteiger partial charge in [-0.15, -0.1) is 0 Å². The zero-order valence-corrected chi connectivity index (χ0v) is 12.2. The molecular formula is C14H17N3O2S. The summed E-state index contributed by atoms with van der Waals surface area (Å²) in [7, 11) is -0.856. The monoisotopic (exact) mass is 291 g/mol. The highest BCUT2D eigenvalue weighted by molar-refractivity contribution is 7.85. The summed E-state index contributed by atoms with van der Waals surface area (Å²) in [5.41, 5.74) is 1.11. The van der Waals surface area contributed by atoms with Gasteiger partial charge in [0.05, 0.1) is 11.6 Å². The maximum atomic E-state index is 12.2. The Morgan fingerprint density at radius 3 is 3.05 bits per heavy atom. The third kappa shape index (κ3) is 3.58. The summed E-state index contributed by atoms with van der Waals surface area (Å²) in [6, 6.07) is 8.63. The molecule has 2 amide bonds.